The monoisotopic (exact) mass is 1130 g/mol. The molecule has 0 aliphatic carbocycles. The molecule has 13 nitrogen and oxygen atoms in total. The van der Waals surface area contributed by atoms with E-state index < -0.39 is 72.5 Å². The minimum atomic E-state index is -3.72. The van der Waals surface area contributed by atoms with Gasteiger partial charge < -0.3 is 55.1 Å². The van der Waals surface area contributed by atoms with Gasteiger partial charge in [0, 0.05) is 32.0 Å². The highest BCUT2D eigenvalue weighted by atomic mass is 19.3. The molecule has 6 N–H and O–H groups in total. The Morgan fingerprint density at radius 2 is 0.975 bits per heavy atom. The number of carboxylic acids is 1. The number of benzene rings is 6. The second kappa shape index (κ2) is 27.1. The number of rotatable bonds is 17. The maximum Gasteiger partial charge on any atom is 0.374 e. The summed E-state index contributed by atoms with van der Waals surface area (Å²) in [7, 11) is 0. The molecule has 80 heavy (non-hydrogen) atoms. The largest absolute Gasteiger partial charge is 0.486 e. The van der Waals surface area contributed by atoms with Gasteiger partial charge in [-0.2, -0.15) is 17.6 Å². The Labute approximate surface area is 458 Å². The first-order valence-corrected chi connectivity index (χ1v) is 26.1. The van der Waals surface area contributed by atoms with E-state index in [0.29, 0.717) is 71.4 Å². The van der Waals surface area contributed by atoms with Gasteiger partial charge in [0.25, 0.3) is 5.91 Å². The third-order valence-corrected chi connectivity index (χ3v) is 14.2. The number of carbonyl (C=O) groups is 2. The molecule has 4 aliphatic rings. The first-order valence-electron chi connectivity index (χ1n) is 26.1. The normalized spacial score (nSPS) is 16.8. The zero-order chi connectivity index (χ0) is 56.4. The lowest BCUT2D eigenvalue weighted by atomic mass is 9.99. The molecule has 2 saturated heterocycles. The van der Waals surface area contributed by atoms with Crippen molar-refractivity contribution in [1.29, 1.82) is 0 Å². The van der Waals surface area contributed by atoms with E-state index in [4.69, 9.17) is 29.8 Å². The average Bonchev–Trinajstić information content (AvgIpc) is 4.17. The molecule has 1 amide bonds. The van der Waals surface area contributed by atoms with Crippen LogP contribution in [0.3, 0.4) is 0 Å². The molecule has 432 valence electrons. The Bertz CT molecular complexity index is 3090. The topological polar surface area (TPSA) is 176 Å². The number of likely N-dealkylation sites (tertiary alicyclic amines) is 2. The molecule has 2 fully saturated rings. The molecule has 0 spiro atoms. The number of aliphatic hydroxyl groups is 2. The van der Waals surface area contributed by atoms with Crippen molar-refractivity contribution in [1.82, 2.24) is 15.1 Å². The van der Waals surface area contributed by atoms with Crippen LogP contribution < -0.4 is 30.0 Å². The van der Waals surface area contributed by atoms with Gasteiger partial charge in [-0.05, 0) is 157 Å². The van der Waals surface area contributed by atoms with E-state index in [9.17, 15) is 46.1 Å². The van der Waals surface area contributed by atoms with E-state index in [0.717, 1.165) is 37.4 Å². The number of hydrogen-bond acceptors (Lipinski definition) is 11. The Hall–Kier alpha value is -6.78. The van der Waals surface area contributed by atoms with Crippen molar-refractivity contribution in [3.05, 3.63) is 143 Å². The van der Waals surface area contributed by atoms with Crippen molar-refractivity contribution < 1.29 is 79.0 Å². The molecule has 0 bridgehead atoms. The summed E-state index contributed by atoms with van der Waals surface area (Å²) in [5.41, 5.74) is 7.78. The van der Waals surface area contributed by atoms with Crippen LogP contribution in [0.25, 0.3) is 21.5 Å². The van der Waals surface area contributed by atoms with Gasteiger partial charge in [0.2, 0.25) is 0 Å². The predicted molar refractivity (Wildman–Crippen MR) is 285 cm³/mol. The number of hydrogen-bond donors (Lipinski definition) is 5. The molecule has 0 aromatic heterocycles. The molecular weight excluding hydrogens is 1060 g/mol. The van der Waals surface area contributed by atoms with Crippen LogP contribution in [-0.4, -0.2) is 127 Å². The lowest BCUT2D eigenvalue weighted by Gasteiger charge is -2.30. The van der Waals surface area contributed by atoms with E-state index in [1.54, 1.807) is 54.6 Å². The van der Waals surface area contributed by atoms with Gasteiger partial charge in [0.05, 0.1) is 12.1 Å². The van der Waals surface area contributed by atoms with Crippen molar-refractivity contribution in [3.63, 3.8) is 0 Å². The van der Waals surface area contributed by atoms with Gasteiger partial charge >= 0.3 is 17.8 Å². The van der Waals surface area contributed by atoms with Crippen LogP contribution >= 0.6 is 0 Å². The summed E-state index contributed by atoms with van der Waals surface area (Å²) < 4.78 is 132. The molecule has 10 rings (SSSR count). The fraction of sp³-hybridized carbons (Fsp3) is 0.424. The number of nitrogens with two attached hydrogens (primary N) is 1. The summed E-state index contributed by atoms with van der Waals surface area (Å²) in [6, 6.07) is 22.1. The number of carbonyl (C=O) groups excluding carboxylic acids is 1. The summed E-state index contributed by atoms with van der Waals surface area (Å²) >= 11 is 0. The number of nitrogens with zero attached hydrogens (tertiary/aromatic N) is 2. The highest BCUT2D eigenvalue weighted by Gasteiger charge is 2.41. The molecule has 4 atom stereocenters. The first-order chi connectivity index (χ1) is 37.7. The Morgan fingerprint density at radius 3 is 1.45 bits per heavy atom. The van der Waals surface area contributed by atoms with Gasteiger partial charge in [0.15, 0.2) is 34.6 Å². The van der Waals surface area contributed by atoms with Crippen molar-refractivity contribution in [2.45, 2.75) is 94.9 Å². The van der Waals surface area contributed by atoms with Crippen LogP contribution in [0.15, 0.2) is 97.1 Å². The lowest BCUT2D eigenvalue weighted by molar-refractivity contribution is -0.165. The third-order valence-electron chi connectivity index (χ3n) is 14.2. The van der Waals surface area contributed by atoms with Crippen molar-refractivity contribution in [3.8, 4) is 23.0 Å². The molecule has 0 saturated carbocycles. The minimum absolute atomic E-state index is 0. The average molecular weight is 1130 g/mol. The molecule has 6 aromatic rings. The minimum Gasteiger partial charge on any atom is -0.486 e. The van der Waals surface area contributed by atoms with E-state index >= 15 is 8.78 Å². The zero-order valence-electron chi connectivity index (χ0n) is 43.1. The number of aliphatic hydroxyl groups excluding tert-OH is 2. The highest BCUT2D eigenvalue weighted by Crippen LogP contribution is 2.38. The van der Waals surface area contributed by atoms with Gasteiger partial charge in [-0.25, -0.2) is 22.4 Å². The van der Waals surface area contributed by atoms with Crippen LogP contribution in [0.2, 0.25) is 0 Å². The molecule has 0 radical (unpaired) electrons. The molecular formula is C59H66F8N4O9. The van der Waals surface area contributed by atoms with E-state index in [-0.39, 0.29) is 74.5 Å². The number of aliphatic carboxylic acids is 1. The Morgan fingerprint density at radius 1 is 0.562 bits per heavy atom. The summed E-state index contributed by atoms with van der Waals surface area (Å²) in [6.07, 6.45) is 0.155. The molecule has 0 unspecified atom stereocenters. The summed E-state index contributed by atoms with van der Waals surface area (Å²) in [5.74, 6) is -12.6. The van der Waals surface area contributed by atoms with Gasteiger partial charge in [0.1, 0.15) is 44.2 Å². The standard InChI is InChI=1S/C29H30F4N2O4.C15H21FN2O3.C14H11F3O2.CH4/c30-22-6-5-19-13-18(3-4-20(19)14-22)7-8-29(32,33)28(37)34-24(17-35-9-1-2-10-35)26(36)21-15-23(31)27-25(16-21)38-11-12-39-27;16-11-7-10(8-13-15(11)21-6-5-20-13)14(19)12(17)9-18-3-1-2-4-18;15-12-4-3-10-7-9(1-2-11(10)8-12)5-6-14(16,17)13(18)19;/h3-6,13-16,24,26,36H,1-2,7-12,17H2,(H,34,37);7-8,12,14,19H,1-6,9,17H2;1-4,7-8H,5-6H2,(H,18,19);1H4/t24-,26-;12-,14-;;/m11../s1. The molecule has 4 aliphatic heterocycles. The second-order valence-corrected chi connectivity index (χ2v) is 20.1. The smallest absolute Gasteiger partial charge is 0.374 e. The van der Waals surface area contributed by atoms with E-state index in [1.165, 1.54) is 49.2 Å². The summed E-state index contributed by atoms with van der Waals surface area (Å²) in [4.78, 5) is 27.3. The fourth-order valence-electron chi connectivity index (χ4n) is 9.85. The number of alkyl halides is 4. The van der Waals surface area contributed by atoms with Gasteiger partial charge in [-0.1, -0.05) is 56.0 Å². The van der Waals surface area contributed by atoms with Crippen LogP contribution in [0, 0.1) is 23.3 Å². The molecule has 6 aromatic carbocycles. The fourth-order valence-corrected chi connectivity index (χ4v) is 9.85. The van der Waals surface area contributed by atoms with Crippen LogP contribution in [0.4, 0.5) is 35.1 Å². The second-order valence-electron chi connectivity index (χ2n) is 20.1. The third kappa shape index (κ3) is 15.8. The number of aryl methyl sites for hydroxylation is 2. The number of ether oxygens (including phenoxy) is 4. The van der Waals surface area contributed by atoms with Gasteiger partial charge in [-0.3, -0.25) is 4.79 Å². The maximum atomic E-state index is 15.0. The number of carboxylic acid groups (broad SMARTS) is 1. The first kappa shape index (κ1) is 60.9. The number of nitrogens with one attached hydrogen (secondary N) is 1. The van der Waals surface area contributed by atoms with Crippen LogP contribution in [-0.2, 0) is 22.4 Å². The summed E-state index contributed by atoms with van der Waals surface area (Å²) in [6.45, 7) is 5.27. The maximum absolute atomic E-state index is 15.0. The number of halogens is 8. The van der Waals surface area contributed by atoms with Crippen molar-refractivity contribution in [2.75, 3.05) is 65.7 Å². The van der Waals surface area contributed by atoms with Crippen LogP contribution in [0.5, 0.6) is 23.0 Å². The Balaban J connectivity index is 0.000000190. The SMILES string of the molecule is C.N[C@H](CN1CCCC1)[C@H](O)c1cc(F)c2c(c1)OCCO2.O=C(N[C@H](CN1CCCC1)[C@H](O)c1cc(F)c2c(c1)OCCO2)C(F)(F)CCc1ccc2cc(F)ccc2c1.O=C(O)C(F)(F)CCc1ccc2cc(F)ccc2c1. The summed E-state index contributed by atoms with van der Waals surface area (Å²) in [5, 5.41) is 34.9. The quantitative estimate of drug-likeness (QED) is 0.0548. The van der Waals surface area contributed by atoms with Crippen LogP contribution in [0.1, 0.15) is 80.4 Å². The van der Waals surface area contributed by atoms with E-state index in [1.807, 2.05) is 4.90 Å². The number of amides is 1. The van der Waals surface area contributed by atoms with E-state index in [2.05, 4.69) is 10.2 Å². The van der Waals surface area contributed by atoms with Crippen molar-refractivity contribution in [2.24, 2.45) is 5.73 Å². The lowest BCUT2D eigenvalue weighted by Crippen LogP contribution is -2.51. The van der Waals surface area contributed by atoms with Gasteiger partial charge in [-0.15, -0.1) is 0 Å². The molecule has 21 heteroatoms. The Kier molecular flexibility index (Phi) is 20.6. The highest BCUT2D eigenvalue weighted by molar-refractivity contribution is 5.85. The molecule has 4 heterocycles. The zero-order valence-corrected chi connectivity index (χ0v) is 43.1. The predicted octanol–water partition coefficient (Wildman–Crippen LogP) is 10.1. The number of fused-ring (bicyclic) bond motifs is 4. The van der Waals surface area contributed by atoms with Crippen molar-refractivity contribution >= 4 is 33.4 Å².